The van der Waals surface area contributed by atoms with Crippen molar-refractivity contribution in [3.05, 3.63) is 71.7 Å². The highest BCUT2D eigenvalue weighted by atomic mass is 16.5. The number of nitrogens with zero attached hydrogens (tertiary/aromatic N) is 1. The van der Waals surface area contributed by atoms with Crippen LogP contribution in [-0.4, -0.2) is 30.8 Å². The standard InChI is InChI=1S/C24H33NO4/c1-8-11-25(15-19-12-21(27-6)14-22(13-19)28-7)16-20-9-10-23(29-20)24(26,17(2)3)18(4)5/h9-10,12-14,26H,2,4,8,11,15-16H2,1,3,5-7H3. The summed E-state index contributed by atoms with van der Waals surface area (Å²) in [6.45, 7) is 15.8. The highest BCUT2D eigenvalue weighted by Crippen LogP contribution is 2.36. The predicted molar refractivity (Wildman–Crippen MR) is 116 cm³/mol. The van der Waals surface area contributed by atoms with Crippen LogP contribution in [0.15, 0.2) is 59.1 Å². The van der Waals surface area contributed by atoms with Crippen LogP contribution in [0.3, 0.4) is 0 Å². The molecule has 5 nitrogen and oxygen atoms in total. The van der Waals surface area contributed by atoms with Crippen LogP contribution < -0.4 is 9.47 Å². The van der Waals surface area contributed by atoms with Gasteiger partial charge < -0.3 is 19.0 Å². The zero-order valence-corrected chi connectivity index (χ0v) is 18.2. The second-order valence-electron chi connectivity index (χ2n) is 7.47. The molecule has 1 N–H and O–H groups in total. The van der Waals surface area contributed by atoms with Crippen LogP contribution in [0, 0.1) is 0 Å². The third kappa shape index (κ3) is 5.31. The summed E-state index contributed by atoms with van der Waals surface area (Å²) in [5.41, 5.74) is 0.912. The lowest BCUT2D eigenvalue weighted by Gasteiger charge is -2.27. The van der Waals surface area contributed by atoms with E-state index in [-0.39, 0.29) is 0 Å². The number of hydrogen-bond donors (Lipinski definition) is 1. The molecule has 0 spiro atoms. The summed E-state index contributed by atoms with van der Waals surface area (Å²) in [7, 11) is 3.30. The van der Waals surface area contributed by atoms with Crippen molar-refractivity contribution in [2.75, 3.05) is 20.8 Å². The van der Waals surface area contributed by atoms with Gasteiger partial charge >= 0.3 is 0 Å². The van der Waals surface area contributed by atoms with Crippen molar-refractivity contribution in [3.8, 4) is 11.5 Å². The van der Waals surface area contributed by atoms with Gasteiger partial charge in [-0.05, 0) is 67.8 Å². The number of rotatable bonds is 11. The normalized spacial score (nSPS) is 11.6. The van der Waals surface area contributed by atoms with E-state index in [1.54, 1.807) is 34.1 Å². The zero-order chi connectivity index (χ0) is 21.6. The molecule has 0 saturated heterocycles. The first-order valence-electron chi connectivity index (χ1n) is 9.82. The number of aliphatic hydroxyl groups is 1. The topological polar surface area (TPSA) is 55.1 Å². The first-order valence-corrected chi connectivity index (χ1v) is 9.82. The van der Waals surface area contributed by atoms with Crippen LogP contribution in [-0.2, 0) is 18.7 Å². The average Bonchev–Trinajstić information content (AvgIpc) is 3.15. The van der Waals surface area contributed by atoms with Gasteiger partial charge in [-0.25, -0.2) is 0 Å². The largest absolute Gasteiger partial charge is 0.497 e. The Balaban J connectivity index is 2.23. The first-order chi connectivity index (χ1) is 13.7. The van der Waals surface area contributed by atoms with E-state index < -0.39 is 5.60 Å². The van der Waals surface area contributed by atoms with Crippen LogP contribution in [0.2, 0.25) is 0 Å². The van der Waals surface area contributed by atoms with E-state index in [1.807, 2.05) is 24.3 Å². The number of methoxy groups -OCH3 is 2. The maximum atomic E-state index is 11.0. The Kier molecular flexibility index (Phi) is 7.71. The van der Waals surface area contributed by atoms with Crippen molar-refractivity contribution in [3.63, 3.8) is 0 Å². The summed E-state index contributed by atoms with van der Waals surface area (Å²) in [6, 6.07) is 9.60. The van der Waals surface area contributed by atoms with Gasteiger partial charge in [-0.15, -0.1) is 0 Å². The minimum Gasteiger partial charge on any atom is -0.497 e. The Morgan fingerprint density at radius 3 is 2.10 bits per heavy atom. The van der Waals surface area contributed by atoms with Gasteiger partial charge in [0.15, 0.2) is 5.60 Å². The molecule has 0 atom stereocenters. The van der Waals surface area contributed by atoms with Crippen LogP contribution in [0.5, 0.6) is 11.5 Å². The molecule has 0 bridgehead atoms. The lowest BCUT2D eigenvalue weighted by atomic mass is 9.87. The maximum absolute atomic E-state index is 11.0. The molecule has 0 saturated carbocycles. The van der Waals surface area contributed by atoms with E-state index >= 15 is 0 Å². The highest BCUT2D eigenvalue weighted by molar-refractivity contribution is 5.38. The molecule has 0 aliphatic carbocycles. The van der Waals surface area contributed by atoms with Crippen LogP contribution in [0.4, 0.5) is 0 Å². The molecule has 0 amide bonds. The average molecular weight is 400 g/mol. The van der Waals surface area contributed by atoms with E-state index in [1.165, 1.54) is 0 Å². The predicted octanol–water partition coefficient (Wildman–Crippen LogP) is 5.05. The fourth-order valence-corrected chi connectivity index (χ4v) is 3.41. The number of hydrogen-bond acceptors (Lipinski definition) is 5. The Labute approximate surface area is 174 Å². The van der Waals surface area contributed by atoms with E-state index in [2.05, 4.69) is 25.0 Å². The molecule has 1 aromatic carbocycles. The van der Waals surface area contributed by atoms with Crippen LogP contribution >= 0.6 is 0 Å². The Morgan fingerprint density at radius 1 is 1.03 bits per heavy atom. The SMILES string of the molecule is C=C(C)C(O)(C(=C)C)c1ccc(CN(CCC)Cc2cc(OC)cc(OC)c2)o1. The molecular formula is C24H33NO4. The zero-order valence-electron chi connectivity index (χ0n) is 18.2. The molecule has 1 aromatic heterocycles. The van der Waals surface area contributed by atoms with Crippen molar-refractivity contribution in [1.82, 2.24) is 4.90 Å². The van der Waals surface area contributed by atoms with Crippen molar-refractivity contribution in [1.29, 1.82) is 0 Å². The maximum Gasteiger partial charge on any atom is 0.163 e. The molecule has 158 valence electrons. The minimum atomic E-state index is -1.35. The Morgan fingerprint density at radius 2 is 1.62 bits per heavy atom. The van der Waals surface area contributed by atoms with E-state index in [0.29, 0.717) is 23.5 Å². The monoisotopic (exact) mass is 399 g/mol. The molecular weight excluding hydrogens is 366 g/mol. The van der Waals surface area contributed by atoms with Crippen LogP contribution in [0.1, 0.15) is 44.3 Å². The van der Waals surface area contributed by atoms with Gasteiger partial charge in [-0.1, -0.05) is 20.1 Å². The summed E-state index contributed by atoms with van der Waals surface area (Å²) in [5.74, 6) is 2.77. The number of ether oxygens (including phenoxy) is 2. The third-order valence-corrected chi connectivity index (χ3v) is 4.99. The number of furan rings is 1. The second-order valence-corrected chi connectivity index (χ2v) is 7.47. The Hall–Kier alpha value is -2.50. The third-order valence-electron chi connectivity index (χ3n) is 4.99. The van der Waals surface area contributed by atoms with Gasteiger partial charge in [0.25, 0.3) is 0 Å². The minimum absolute atomic E-state index is 0.451. The summed E-state index contributed by atoms with van der Waals surface area (Å²) in [6.07, 6.45) is 1.01. The van der Waals surface area contributed by atoms with Gasteiger partial charge in [0.2, 0.25) is 0 Å². The smallest absolute Gasteiger partial charge is 0.163 e. The summed E-state index contributed by atoms with van der Waals surface area (Å²) in [5, 5.41) is 11.0. The molecule has 0 fully saturated rings. The van der Waals surface area contributed by atoms with Crippen molar-refractivity contribution < 1.29 is 19.0 Å². The molecule has 1 heterocycles. The summed E-state index contributed by atoms with van der Waals surface area (Å²) in [4.78, 5) is 2.29. The quantitative estimate of drug-likeness (QED) is 0.536. The van der Waals surface area contributed by atoms with Crippen molar-refractivity contribution in [2.24, 2.45) is 0 Å². The van der Waals surface area contributed by atoms with Crippen LogP contribution in [0.25, 0.3) is 0 Å². The molecule has 5 heteroatoms. The second kappa shape index (κ2) is 9.81. The molecule has 0 aliphatic heterocycles. The van der Waals surface area contributed by atoms with E-state index in [0.717, 1.165) is 42.3 Å². The lowest BCUT2D eigenvalue weighted by Crippen LogP contribution is -2.27. The van der Waals surface area contributed by atoms with Gasteiger partial charge in [0.05, 0.1) is 20.8 Å². The van der Waals surface area contributed by atoms with Gasteiger partial charge in [0.1, 0.15) is 23.0 Å². The molecule has 0 radical (unpaired) electrons. The fourth-order valence-electron chi connectivity index (χ4n) is 3.41. The van der Waals surface area contributed by atoms with E-state index in [4.69, 9.17) is 13.9 Å². The molecule has 2 aromatic rings. The molecule has 29 heavy (non-hydrogen) atoms. The van der Waals surface area contributed by atoms with E-state index in [9.17, 15) is 5.11 Å². The summed E-state index contributed by atoms with van der Waals surface area (Å²) < 4.78 is 16.8. The van der Waals surface area contributed by atoms with Gasteiger partial charge in [-0.3, -0.25) is 4.90 Å². The van der Waals surface area contributed by atoms with Crippen molar-refractivity contribution in [2.45, 2.75) is 45.9 Å². The summed E-state index contributed by atoms with van der Waals surface area (Å²) >= 11 is 0. The first kappa shape index (κ1) is 22.8. The molecule has 2 rings (SSSR count). The highest BCUT2D eigenvalue weighted by Gasteiger charge is 2.34. The van der Waals surface area contributed by atoms with Crippen molar-refractivity contribution >= 4 is 0 Å². The van der Waals surface area contributed by atoms with Gasteiger partial charge in [-0.2, -0.15) is 0 Å². The molecule has 0 unspecified atom stereocenters. The lowest BCUT2D eigenvalue weighted by molar-refractivity contribution is 0.0878. The van der Waals surface area contributed by atoms with Gasteiger partial charge in [0, 0.05) is 12.6 Å². The Bertz CT molecular complexity index is 816. The molecule has 0 aliphatic rings. The fraction of sp³-hybridized carbons (Fsp3) is 0.417. The number of benzene rings is 1.